The first-order valence-corrected chi connectivity index (χ1v) is 14.3. The molecule has 1 aliphatic rings. The van der Waals surface area contributed by atoms with Gasteiger partial charge in [0.2, 0.25) is 5.91 Å². The van der Waals surface area contributed by atoms with Crippen LogP contribution in [0.3, 0.4) is 0 Å². The number of carbonyl (C=O) groups is 3. The van der Waals surface area contributed by atoms with Crippen molar-refractivity contribution in [2.75, 3.05) is 12.4 Å². The lowest BCUT2D eigenvalue weighted by molar-refractivity contribution is -0.141. The number of ether oxygens (including phenoxy) is 2. The van der Waals surface area contributed by atoms with Crippen LogP contribution in [0.1, 0.15) is 56.8 Å². The molecule has 8 heteroatoms. The van der Waals surface area contributed by atoms with Crippen LogP contribution in [0.4, 0.5) is 10.5 Å². The van der Waals surface area contributed by atoms with Gasteiger partial charge in [-0.15, -0.1) is 0 Å². The van der Waals surface area contributed by atoms with Crippen LogP contribution in [0.2, 0.25) is 0 Å². The topological polar surface area (TPSA) is 97.0 Å². The molecule has 1 aliphatic carbocycles. The number of amides is 3. The number of benzene rings is 3. The summed E-state index contributed by atoms with van der Waals surface area (Å²) in [7, 11) is 1.58. The summed E-state index contributed by atoms with van der Waals surface area (Å²) in [6.45, 7) is 9.36. The predicted molar refractivity (Wildman–Crippen MR) is 163 cm³/mol. The SMILES string of the molecule is COc1ccc(NC(=O)C(c2ccc(C)cc2)N(C(=O)C(Cc2ccccc2)NC(=O)OC(C)(C)C)C2CC2C)cc1. The maximum absolute atomic E-state index is 14.6. The lowest BCUT2D eigenvalue weighted by atomic mass is 9.99. The average molecular weight is 572 g/mol. The van der Waals surface area contributed by atoms with Gasteiger partial charge in [0, 0.05) is 18.2 Å². The van der Waals surface area contributed by atoms with Crippen LogP contribution in [-0.4, -0.2) is 47.6 Å². The molecule has 0 saturated heterocycles. The molecule has 3 aromatic carbocycles. The molecule has 0 bridgehead atoms. The molecule has 0 spiro atoms. The molecule has 8 nitrogen and oxygen atoms in total. The van der Waals surface area contributed by atoms with E-state index in [2.05, 4.69) is 17.6 Å². The second kappa shape index (κ2) is 13.1. The Labute approximate surface area is 248 Å². The number of nitrogens with zero attached hydrogens (tertiary/aromatic N) is 1. The van der Waals surface area contributed by atoms with Crippen molar-refractivity contribution in [1.29, 1.82) is 0 Å². The number of alkyl carbamates (subject to hydrolysis) is 1. The maximum atomic E-state index is 14.6. The fourth-order valence-corrected chi connectivity index (χ4v) is 4.92. The van der Waals surface area contributed by atoms with E-state index in [1.807, 2.05) is 61.5 Å². The largest absolute Gasteiger partial charge is 0.497 e. The van der Waals surface area contributed by atoms with Crippen LogP contribution in [0.5, 0.6) is 5.75 Å². The van der Waals surface area contributed by atoms with E-state index in [4.69, 9.17) is 9.47 Å². The van der Waals surface area contributed by atoms with Gasteiger partial charge in [-0.2, -0.15) is 0 Å². The molecule has 0 aliphatic heterocycles. The van der Waals surface area contributed by atoms with Crippen LogP contribution in [0.15, 0.2) is 78.9 Å². The number of carbonyl (C=O) groups excluding carboxylic acids is 3. The number of hydrogen-bond acceptors (Lipinski definition) is 5. The van der Waals surface area contributed by atoms with Crippen molar-refractivity contribution in [3.05, 3.63) is 95.6 Å². The van der Waals surface area contributed by atoms with Gasteiger partial charge in [-0.1, -0.05) is 67.1 Å². The average Bonchev–Trinajstić information content (AvgIpc) is 3.67. The van der Waals surface area contributed by atoms with Crippen LogP contribution in [0.25, 0.3) is 0 Å². The Morgan fingerprint density at radius 1 is 0.952 bits per heavy atom. The highest BCUT2D eigenvalue weighted by molar-refractivity contribution is 5.99. The van der Waals surface area contributed by atoms with Gasteiger partial charge >= 0.3 is 6.09 Å². The van der Waals surface area contributed by atoms with Gasteiger partial charge in [-0.25, -0.2) is 4.79 Å². The predicted octanol–water partition coefficient (Wildman–Crippen LogP) is 6.06. The zero-order valence-corrected chi connectivity index (χ0v) is 25.2. The zero-order valence-electron chi connectivity index (χ0n) is 25.2. The molecule has 3 amide bonds. The molecule has 1 fully saturated rings. The standard InChI is InChI=1S/C34H41N3O5/c1-22-12-14-25(15-13-22)30(31(38)35-26-16-18-27(41-6)19-17-26)37(29-20-23(29)2)32(39)28(21-24-10-8-7-9-11-24)36-33(40)42-34(3,4)5/h7-19,23,28-30H,20-21H2,1-6H3,(H,35,38)(H,36,40). The third kappa shape index (κ3) is 8.12. The second-order valence-corrected chi connectivity index (χ2v) is 11.9. The number of hydrogen-bond donors (Lipinski definition) is 2. The first-order chi connectivity index (χ1) is 19.9. The Hall–Kier alpha value is -4.33. The van der Waals surface area contributed by atoms with E-state index in [0.29, 0.717) is 17.0 Å². The van der Waals surface area contributed by atoms with Crippen molar-refractivity contribution in [1.82, 2.24) is 10.2 Å². The summed E-state index contributed by atoms with van der Waals surface area (Å²) in [6, 6.07) is 22.2. The number of rotatable bonds is 10. The van der Waals surface area contributed by atoms with Crippen molar-refractivity contribution >= 4 is 23.6 Å². The number of aryl methyl sites for hydroxylation is 1. The van der Waals surface area contributed by atoms with Gasteiger partial charge < -0.3 is 25.0 Å². The van der Waals surface area contributed by atoms with E-state index in [1.165, 1.54) is 0 Å². The molecular formula is C34H41N3O5. The van der Waals surface area contributed by atoms with Gasteiger partial charge in [-0.3, -0.25) is 9.59 Å². The van der Waals surface area contributed by atoms with Crippen molar-refractivity contribution in [2.24, 2.45) is 5.92 Å². The highest BCUT2D eigenvalue weighted by Gasteiger charge is 2.48. The summed E-state index contributed by atoms with van der Waals surface area (Å²) in [5.41, 5.74) is 2.46. The Balaban J connectivity index is 1.72. The maximum Gasteiger partial charge on any atom is 0.408 e. The second-order valence-electron chi connectivity index (χ2n) is 11.9. The van der Waals surface area contributed by atoms with Gasteiger partial charge in [0.05, 0.1) is 7.11 Å². The molecule has 2 N–H and O–H groups in total. The minimum Gasteiger partial charge on any atom is -0.497 e. The van der Waals surface area contributed by atoms with Crippen LogP contribution < -0.4 is 15.4 Å². The van der Waals surface area contributed by atoms with Gasteiger partial charge in [0.25, 0.3) is 5.91 Å². The normalized spacial score (nSPS) is 17.4. The first kappa shape index (κ1) is 30.6. The smallest absolute Gasteiger partial charge is 0.408 e. The van der Waals surface area contributed by atoms with E-state index in [1.54, 1.807) is 57.0 Å². The molecule has 0 aromatic heterocycles. The van der Waals surface area contributed by atoms with Gasteiger partial charge in [0.1, 0.15) is 23.4 Å². The van der Waals surface area contributed by atoms with Crippen molar-refractivity contribution in [2.45, 2.75) is 71.2 Å². The zero-order chi connectivity index (χ0) is 30.4. The van der Waals surface area contributed by atoms with Crippen molar-refractivity contribution in [3.63, 3.8) is 0 Å². The molecule has 222 valence electrons. The van der Waals surface area contributed by atoms with Gasteiger partial charge in [0.15, 0.2) is 0 Å². The molecule has 4 atom stereocenters. The third-order valence-electron chi connectivity index (χ3n) is 7.23. The third-order valence-corrected chi connectivity index (χ3v) is 7.23. The monoisotopic (exact) mass is 571 g/mol. The fourth-order valence-electron chi connectivity index (χ4n) is 4.92. The Kier molecular flexibility index (Phi) is 9.55. The lowest BCUT2D eigenvalue weighted by Crippen LogP contribution is -2.54. The summed E-state index contributed by atoms with van der Waals surface area (Å²) in [5.74, 6) is 0.194. The number of nitrogens with one attached hydrogen (secondary N) is 2. The van der Waals surface area contributed by atoms with Crippen LogP contribution in [-0.2, 0) is 20.7 Å². The summed E-state index contributed by atoms with van der Waals surface area (Å²) < 4.78 is 10.8. The molecule has 4 rings (SSSR count). The van der Waals surface area contributed by atoms with Gasteiger partial charge in [-0.05, 0) is 75.4 Å². The van der Waals surface area contributed by atoms with Crippen molar-refractivity contribution in [3.8, 4) is 5.75 Å². The van der Waals surface area contributed by atoms with E-state index < -0.39 is 23.8 Å². The highest BCUT2D eigenvalue weighted by atomic mass is 16.6. The van der Waals surface area contributed by atoms with E-state index in [9.17, 15) is 14.4 Å². The Bertz CT molecular complexity index is 1370. The summed E-state index contributed by atoms with van der Waals surface area (Å²) in [4.78, 5) is 43.2. The Morgan fingerprint density at radius 2 is 1.57 bits per heavy atom. The van der Waals surface area contributed by atoms with E-state index >= 15 is 0 Å². The molecule has 4 unspecified atom stereocenters. The summed E-state index contributed by atoms with van der Waals surface area (Å²) >= 11 is 0. The number of anilines is 1. The summed E-state index contributed by atoms with van der Waals surface area (Å²) in [6.07, 6.45) is 0.321. The van der Waals surface area contributed by atoms with Crippen molar-refractivity contribution < 1.29 is 23.9 Å². The molecule has 3 aromatic rings. The molecule has 0 heterocycles. The lowest BCUT2D eigenvalue weighted by Gasteiger charge is -2.35. The minimum atomic E-state index is -0.947. The highest BCUT2D eigenvalue weighted by Crippen LogP contribution is 2.41. The molecule has 1 saturated carbocycles. The molecule has 0 radical (unpaired) electrons. The minimum absolute atomic E-state index is 0.163. The Morgan fingerprint density at radius 3 is 2.12 bits per heavy atom. The quantitative estimate of drug-likeness (QED) is 0.309. The van der Waals surface area contributed by atoms with E-state index in [0.717, 1.165) is 17.5 Å². The molecular weight excluding hydrogens is 530 g/mol. The van der Waals surface area contributed by atoms with E-state index in [-0.39, 0.29) is 30.2 Å². The van der Waals surface area contributed by atoms with Crippen LogP contribution in [0, 0.1) is 12.8 Å². The summed E-state index contributed by atoms with van der Waals surface area (Å²) in [5, 5.41) is 5.82. The number of methoxy groups -OCH3 is 1. The molecule has 42 heavy (non-hydrogen) atoms. The first-order valence-electron chi connectivity index (χ1n) is 14.3. The fraction of sp³-hybridized carbons (Fsp3) is 0.382. The van der Waals surface area contributed by atoms with Crippen LogP contribution >= 0.6 is 0 Å².